The zero-order valence-electron chi connectivity index (χ0n) is 11.2. The SMILES string of the molecule is CN(Cc1ccncc1)S(=O)(=O)c1cc(C#N)ccc1Cl. The predicted molar refractivity (Wildman–Crippen MR) is 79.1 cm³/mol. The van der Waals surface area contributed by atoms with E-state index in [0.29, 0.717) is 0 Å². The van der Waals surface area contributed by atoms with E-state index in [9.17, 15) is 8.42 Å². The van der Waals surface area contributed by atoms with E-state index in [1.165, 1.54) is 29.6 Å². The Morgan fingerprint density at radius 1 is 1.29 bits per heavy atom. The molecule has 0 fully saturated rings. The van der Waals surface area contributed by atoms with Crippen molar-refractivity contribution in [1.29, 1.82) is 5.26 Å². The minimum Gasteiger partial charge on any atom is -0.265 e. The first-order valence-corrected chi connectivity index (χ1v) is 7.82. The summed E-state index contributed by atoms with van der Waals surface area (Å²) in [4.78, 5) is 3.82. The van der Waals surface area contributed by atoms with E-state index in [0.717, 1.165) is 5.56 Å². The molecule has 21 heavy (non-hydrogen) atoms. The molecule has 7 heteroatoms. The summed E-state index contributed by atoms with van der Waals surface area (Å²) in [5.41, 5.74) is 1.05. The van der Waals surface area contributed by atoms with Crippen LogP contribution in [0.4, 0.5) is 0 Å². The first-order valence-electron chi connectivity index (χ1n) is 6.00. The maximum absolute atomic E-state index is 12.5. The zero-order valence-corrected chi connectivity index (χ0v) is 12.8. The third kappa shape index (κ3) is 3.39. The van der Waals surface area contributed by atoms with Crippen molar-refractivity contribution in [2.45, 2.75) is 11.4 Å². The van der Waals surface area contributed by atoms with E-state index in [1.807, 2.05) is 6.07 Å². The number of nitrogens with zero attached hydrogens (tertiary/aromatic N) is 3. The van der Waals surface area contributed by atoms with Gasteiger partial charge < -0.3 is 0 Å². The van der Waals surface area contributed by atoms with E-state index < -0.39 is 10.0 Å². The van der Waals surface area contributed by atoms with Gasteiger partial charge >= 0.3 is 0 Å². The molecule has 0 amide bonds. The van der Waals surface area contributed by atoms with Gasteiger partial charge in [-0.2, -0.15) is 9.57 Å². The average molecular weight is 322 g/mol. The Kier molecular flexibility index (Phi) is 4.58. The topological polar surface area (TPSA) is 74.1 Å². The molecule has 2 aromatic rings. The largest absolute Gasteiger partial charge is 0.265 e. The lowest BCUT2D eigenvalue weighted by molar-refractivity contribution is 0.466. The molecule has 0 saturated carbocycles. The first-order chi connectivity index (χ1) is 9.95. The second-order valence-corrected chi connectivity index (χ2v) is 6.79. The molecule has 0 aliphatic carbocycles. The van der Waals surface area contributed by atoms with Crippen molar-refractivity contribution in [2.24, 2.45) is 0 Å². The van der Waals surface area contributed by atoms with Crippen LogP contribution in [0.5, 0.6) is 0 Å². The van der Waals surface area contributed by atoms with Gasteiger partial charge in [0, 0.05) is 26.0 Å². The summed E-state index contributed by atoms with van der Waals surface area (Å²) in [5.74, 6) is 0. The molecule has 1 aromatic heterocycles. The fourth-order valence-corrected chi connectivity index (χ4v) is 3.42. The zero-order chi connectivity index (χ0) is 15.5. The van der Waals surface area contributed by atoms with Gasteiger partial charge in [0.1, 0.15) is 4.90 Å². The van der Waals surface area contributed by atoms with Crippen molar-refractivity contribution in [3.05, 3.63) is 58.9 Å². The minimum absolute atomic E-state index is 0.0697. The summed E-state index contributed by atoms with van der Waals surface area (Å²) in [6, 6.07) is 9.54. The molecule has 1 aromatic carbocycles. The van der Waals surface area contributed by atoms with Crippen LogP contribution in [0.1, 0.15) is 11.1 Å². The number of hydrogen-bond donors (Lipinski definition) is 0. The van der Waals surface area contributed by atoms with Crippen molar-refractivity contribution in [2.75, 3.05) is 7.05 Å². The molecule has 0 saturated heterocycles. The lowest BCUT2D eigenvalue weighted by atomic mass is 10.2. The van der Waals surface area contributed by atoms with Crippen molar-refractivity contribution in [3.8, 4) is 6.07 Å². The fraction of sp³-hybridized carbons (Fsp3) is 0.143. The third-order valence-corrected chi connectivity index (χ3v) is 5.19. The number of nitriles is 1. The molecule has 0 aliphatic heterocycles. The maximum atomic E-state index is 12.5. The molecule has 2 rings (SSSR count). The van der Waals surface area contributed by atoms with Crippen LogP contribution in [-0.2, 0) is 16.6 Å². The molecule has 5 nitrogen and oxygen atoms in total. The lowest BCUT2D eigenvalue weighted by Gasteiger charge is -2.18. The highest BCUT2D eigenvalue weighted by molar-refractivity contribution is 7.89. The number of aromatic nitrogens is 1. The van der Waals surface area contributed by atoms with E-state index >= 15 is 0 Å². The Balaban J connectivity index is 2.36. The van der Waals surface area contributed by atoms with Gasteiger partial charge in [-0.25, -0.2) is 8.42 Å². The molecule has 0 bridgehead atoms. The molecule has 0 spiro atoms. The van der Waals surface area contributed by atoms with Gasteiger partial charge in [-0.05, 0) is 35.9 Å². The molecule has 0 radical (unpaired) electrons. The van der Waals surface area contributed by atoms with Crippen LogP contribution < -0.4 is 0 Å². The molecule has 108 valence electrons. The lowest BCUT2D eigenvalue weighted by Crippen LogP contribution is -2.26. The van der Waals surface area contributed by atoms with Gasteiger partial charge in [-0.3, -0.25) is 4.98 Å². The summed E-state index contributed by atoms with van der Waals surface area (Å²) in [5, 5.41) is 8.98. The van der Waals surface area contributed by atoms with E-state index in [4.69, 9.17) is 16.9 Å². The third-order valence-electron chi connectivity index (χ3n) is 2.90. The molecule has 0 unspecified atom stereocenters. The van der Waals surface area contributed by atoms with Crippen molar-refractivity contribution < 1.29 is 8.42 Å². The van der Waals surface area contributed by atoms with Crippen LogP contribution in [0.25, 0.3) is 0 Å². The molecular formula is C14H12ClN3O2S. The minimum atomic E-state index is -3.77. The summed E-state index contributed by atoms with van der Waals surface area (Å²) >= 11 is 5.96. The number of sulfonamides is 1. The Hall–Kier alpha value is -1.94. The van der Waals surface area contributed by atoms with Crippen LogP contribution in [0, 0.1) is 11.3 Å². The Morgan fingerprint density at radius 3 is 2.57 bits per heavy atom. The van der Waals surface area contributed by atoms with Crippen LogP contribution in [0.15, 0.2) is 47.6 Å². The van der Waals surface area contributed by atoms with Gasteiger partial charge in [0.25, 0.3) is 0 Å². The van der Waals surface area contributed by atoms with Crippen molar-refractivity contribution in [1.82, 2.24) is 9.29 Å². The van der Waals surface area contributed by atoms with E-state index in [2.05, 4.69) is 4.98 Å². The fourth-order valence-electron chi connectivity index (χ4n) is 1.77. The van der Waals surface area contributed by atoms with Gasteiger partial charge in [-0.15, -0.1) is 0 Å². The highest BCUT2D eigenvalue weighted by atomic mass is 35.5. The Bertz CT molecular complexity index is 786. The summed E-state index contributed by atoms with van der Waals surface area (Å²) < 4.78 is 26.3. The van der Waals surface area contributed by atoms with E-state index in [-0.39, 0.29) is 22.0 Å². The highest BCUT2D eigenvalue weighted by Crippen LogP contribution is 2.25. The second-order valence-electron chi connectivity index (χ2n) is 4.37. The highest BCUT2D eigenvalue weighted by Gasteiger charge is 2.24. The van der Waals surface area contributed by atoms with Crippen LogP contribution in [0.3, 0.4) is 0 Å². The monoisotopic (exact) mass is 321 g/mol. The maximum Gasteiger partial charge on any atom is 0.244 e. The van der Waals surface area contributed by atoms with Gasteiger partial charge in [0.2, 0.25) is 10.0 Å². The van der Waals surface area contributed by atoms with Crippen molar-refractivity contribution in [3.63, 3.8) is 0 Å². The summed E-state index contributed by atoms with van der Waals surface area (Å²) in [6.45, 7) is 0.192. The Labute approximate surface area is 128 Å². The average Bonchev–Trinajstić information content (AvgIpc) is 2.48. The normalized spacial score (nSPS) is 11.3. The molecular weight excluding hydrogens is 310 g/mol. The number of rotatable bonds is 4. The molecule has 0 N–H and O–H groups in total. The second kappa shape index (κ2) is 6.22. The van der Waals surface area contributed by atoms with Crippen LogP contribution in [0.2, 0.25) is 5.02 Å². The van der Waals surface area contributed by atoms with Crippen molar-refractivity contribution >= 4 is 21.6 Å². The molecule has 1 heterocycles. The predicted octanol–water partition coefficient (Wildman–Crippen LogP) is 2.43. The first kappa shape index (κ1) is 15.4. The number of hydrogen-bond acceptors (Lipinski definition) is 4. The van der Waals surface area contributed by atoms with Gasteiger partial charge in [0.15, 0.2) is 0 Å². The quantitative estimate of drug-likeness (QED) is 0.866. The molecule has 0 aliphatic rings. The van der Waals surface area contributed by atoms with E-state index in [1.54, 1.807) is 24.5 Å². The van der Waals surface area contributed by atoms with Crippen LogP contribution in [-0.4, -0.2) is 24.8 Å². The number of benzene rings is 1. The summed E-state index contributed by atoms with van der Waals surface area (Å²) in [6.07, 6.45) is 3.19. The Morgan fingerprint density at radius 2 is 1.95 bits per heavy atom. The van der Waals surface area contributed by atoms with Crippen LogP contribution >= 0.6 is 11.6 Å². The smallest absolute Gasteiger partial charge is 0.244 e. The number of halogens is 1. The number of pyridine rings is 1. The van der Waals surface area contributed by atoms with Gasteiger partial charge in [-0.1, -0.05) is 11.6 Å². The standard InChI is InChI=1S/C14H12ClN3O2S/c1-18(10-11-4-6-17-7-5-11)21(19,20)14-8-12(9-16)2-3-13(14)15/h2-8H,10H2,1H3. The molecule has 0 atom stereocenters. The summed E-state index contributed by atoms with van der Waals surface area (Å²) in [7, 11) is -2.31. The van der Waals surface area contributed by atoms with Gasteiger partial charge in [0.05, 0.1) is 16.7 Å².